The quantitative estimate of drug-likeness (QED) is 0.772. The van der Waals surface area contributed by atoms with E-state index < -0.39 is 0 Å². The lowest BCUT2D eigenvalue weighted by Crippen LogP contribution is -2.18. The van der Waals surface area contributed by atoms with E-state index >= 15 is 0 Å². The molecule has 0 bridgehead atoms. The molecule has 102 valence electrons. The maximum atomic E-state index is 9.97. The molecule has 19 heavy (non-hydrogen) atoms. The van der Waals surface area contributed by atoms with Gasteiger partial charge in [0.05, 0.1) is 13.3 Å². The van der Waals surface area contributed by atoms with Gasteiger partial charge in [-0.25, -0.2) is 0 Å². The van der Waals surface area contributed by atoms with Gasteiger partial charge < -0.3 is 15.2 Å². The van der Waals surface area contributed by atoms with E-state index in [9.17, 15) is 5.11 Å². The van der Waals surface area contributed by atoms with Crippen molar-refractivity contribution in [3.63, 3.8) is 0 Å². The second-order valence-corrected chi connectivity index (χ2v) is 4.55. The van der Waals surface area contributed by atoms with Crippen LogP contribution in [0.3, 0.4) is 0 Å². The first-order chi connectivity index (χ1) is 9.11. The number of hydrogen-bond donors (Lipinski definition) is 3. The molecule has 1 atom stereocenters. The summed E-state index contributed by atoms with van der Waals surface area (Å²) in [6.45, 7) is 4.70. The van der Waals surface area contributed by atoms with Crippen LogP contribution >= 0.6 is 0 Å². The van der Waals surface area contributed by atoms with Crippen LogP contribution in [0, 0.1) is 6.92 Å². The number of ether oxygens (including phenoxy) is 1. The van der Waals surface area contributed by atoms with Crippen molar-refractivity contribution >= 4 is 0 Å². The number of rotatable bonds is 5. The van der Waals surface area contributed by atoms with Gasteiger partial charge in [-0.05, 0) is 19.9 Å². The number of methoxy groups -OCH3 is 1. The van der Waals surface area contributed by atoms with Crippen LogP contribution in [-0.4, -0.2) is 22.4 Å². The third-order valence-electron chi connectivity index (χ3n) is 3.24. The molecule has 2 aromatic rings. The summed E-state index contributed by atoms with van der Waals surface area (Å²) in [5, 5.41) is 20.2. The molecule has 0 aliphatic rings. The second-order valence-electron chi connectivity index (χ2n) is 4.55. The lowest BCUT2D eigenvalue weighted by molar-refractivity contribution is 0.404. The number of aromatic hydroxyl groups is 1. The van der Waals surface area contributed by atoms with Gasteiger partial charge in [0.1, 0.15) is 11.5 Å². The third kappa shape index (κ3) is 3.06. The van der Waals surface area contributed by atoms with E-state index in [2.05, 4.69) is 15.5 Å². The zero-order valence-electron chi connectivity index (χ0n) is 11.4. The van der Waals surface area contributed by atoms with Crippen molar-refractivity contribution in [2.45, 2.75) is 26.4 Å². The van der Waals surface area contributed by atoms with Gasteiger partial charge in [0.2, 0.25) is 0 Å². The van der Waals surface area contributed by atoms with Gasteiger partial charge in [0, 0.05) is 35.5 Å². The second kappa shape index (κ2) is 5.75. The molecular weight excluding hydrogens is 242 g/mol. The number of phenols is 1. The highest BCUT2D eigenvalue weighted by Crippen LogP contribution is 2.28. The fourth-order valence-corrected chi connectivity index (χ4v) is 1.94. The van der Waals surface area contributed by atoms with Crippen molar-refractivity contribution in [3.05, 3.63) is 41.2 Å². The molecule has 0 saturated heterocycles. The van der Waals surface area contributed by atoms with E-state index in [-0.39, 0.29) is 11.8 Å². The molecule has 0 saturated carbocycles. The van der Waals surface area contributed by atoms with Crippen LogP contribution in [0.25, 0.3) is 0 Å². The Kier molecular flexibility index (Phi) is 4.06. The largest absolute Gasteiger partial charge is 0.507 e. The zero-order valence-corrected chi connectivity index (χ0v) is 11.4. The predicted octanol–water partition coefficient (Wildman–Crippen LogP) is 2.28. The first-order valence-corrected chi connectivity index (χ1v) is 6.21. The summed E-state index contributed by atoms with van der Waals surface area (Å²) in [5.74, 6) is 0.891. The molecule has 5 nitrogen and oxygen atoms in total. The van der Waals surface area contributed by atoms with Crippen LogP contribution in [0.15, 0.2) is 24.4 Å². The number of aromatic nitrogens is 2. The van der Waals surface area contributed by atoms with Crippen LogP contribution in [0.4, 0.5) is 0 Å². The van der Waals surface area contributed by atoms with E-state index in [1.54, 1.807) is 13.2 Å². The molecule has 0 amide bonds. The van der Waals surface area contributed by atoms with Crippen molar-refractivity contribution in [3.8, 4) is 11.5 Å². The van der Waals surface area contributed by atoms with Crippen LogP contribution in [0.1, 0.15) is 29.8 Å². The van der Waals surface area contributed by atoms with E-state index in [0.29, 0.717) is 12.3 Å². The normalized spacial score (nSPS) is 12.4. The Bertz CT molecular complexity index is 551. The fraction of sp³-hybridized carbons (Fsp3) is 0.357. The van der Waals surface area contributed by atoms with Gasteiger partial charge in [0.25, 0.3) is 0 Å². The standard InChI is InChI=1S/C14H19N3O2/c1-9-11(8-16-17-9)7-15-10(2)13-5-4-12(19-3)6-14(13)18/h4-6,8,10,15,18H,7H2,1-3H3,(H,16,17). The summed E-state index contributed by atoms with van der Waals surface area (Å²) < 4.78 is 5.07. The van der Waals surface area contributed by atoms with Gasteiger partial charge >= 0.3 is 0 Å². The highest BCUT2D eigenvalue weighted by Gasteiger charge is 2.11. The lowest BCUT2D eigenvalue weighted by Gasteiger charge is -2.16. The number of benzene rings is 1. The van der Waals surface area contributed by atoms with Gasteiger partial charge in [-0.1, -0.05) is 6.07 Å². The fourth-order valence-electron chi connectivity index (χ4n) is 1.94. The van der Waals surface area contributed by atoms with Crippen LogP contribution in [-0.2, 0) is 6.54 Å². The van der Waals surface area contributed by atoms with E-state index in [4.69, 9.17) is 4.74 Å². The summed E-state index contributed by atoms with van der Waals surface area (Å²) in [6.07, 6.45) is 1.81. The minimum atomic E-state index is 0.0419. The molecular formula is C14H19N3O2. The molecule has 3 N–H and O–H groups in total. The summed E-state index contributed by atoms with van der Waals surface area (Å²) in [4.78, 5) is 0. The van der Waals surface area contributed by atoms with E-state index in [0.717, 1.165) is 16.8 Å². The maximum Gasteiger partial charge on any atom is 0.124 e. The minimum absolute atomic E-state index is 0.0419. The average molecular weight is 261 g/mol. The van der Waals surface area contributed by atoms with Crippen LogP contribution in [0.5, 0.6) is 11.5 Å². The molecule has 0 spiro atoms. The Morgan fingerprint density at radius 2 is 2.26 bits per heavy atom. The van der Waals surface area contributed by atoms with Crippen molar-refractivity contribution in [1.29, 1.82) is 0 Å². The molecule has 0 radical (unpaired) electrons. The molecule has 0 fully saturated rings. The average Bonchev–Trinajstić information content (AvgIpc) is 2.81. The highest BCUT2D eigenvalue weighted by atomic mass is 16.5. The van der Waals surface area contributed by atoms with Crippen molar-refractivity contribution < 1.29 is 9.84 Å². The Hall–Kier alpha value is -2.01. The topological polar surface area (TPSA) is 70.2 Å². The first kappa shape index (κ1) is 13.4. The van der Waals surface area contributed by atoms with Crippen LogP contribution < -0.4 is 10.1 Å². The van der Waals surface area contributed by atoms with Gasteiger partial charge in [-0.3, -0.25) is 5.10 Å². The molecule has 1 aromatic carbocycles. The number of aryl methyl sites for hydroxylation is 1. The molecule has 5 heteroatoms. The SMILES string of the molecule is COc1ccc(C(C)NCc2cn[nH]c2C)c(O)c1. The number of H-pyrrole nitrogens is 1. The number of hydrogen-bond acceptors (Lipinski definition) is 4. The number of phenolic OH excluding ortho intramolecular Hbond substituents is 1. The summed E-state index contributed by atoms with van der Waals surface area (Å²) >= 11 is 0. The number of aromatic amines is 1. The van der Waals surface area contributed by atoms with Gasteiger partial charge in [-0.2, -0.15) is 5.10 Å². The van der Waals surface area contributed by atoms with Crippen LogP contribution in [0.2, 0.25) is 0 Å². The lowest BCUT2D eigenvalue weighted by atomic mass is 10.1. The summed E-state index contributed by atoms with van der Waals surface area (Å²) in [6, 6.07) is 5.38. The molecule has 2 rings (SSSR count). The summed E-state index contributed by atoms with van der Waals surface area (Å²) in [7, 11) is 1.58. The zero-order chi connectivity index (χ0) is 13.8. The highest BCUT2D eigenvalue weighted by molar-refractivity contribution is 5.41. The molecule has 1 unspecified atom stereocenters. The Morgan fingerprint density at radius 3 is 2.84 bits per heavy atom. The van der Waals surface area contributed by atoms with Crippen molar-refractivity contribution in [1.82, 2.24) is 15.5 Å². The maximum absolute atomic E-state index is 9.97. The molecule has 1 heterocycles. The monoisotopic (exact) mass is 261 g/mol. The Morgan fingerprint density at radius 1 is 1.47 bits per heavy atom. The Balaban J connectivity index is 2.03. The molecule has 0 aliphatic carbocycles. The predicted molar refractivity (Wildman–Crippen MR) is 73.2 cm³/mol. The minimum Gasteiger partial charge on any atom is -0.507 e. The number of nitrogens with zero attached hydrogens (tertiary/aromatic N) is 1. The Labute approximate surface area is 112 Å². The van der Waals surface area contributed by atoms with Crippen molar-refractivity contribution in [2.75, 3.05) is 7.11 Å². The first-order valence-electron chi connectivity index (χ1n) is 6.21. The van der Waals surface area contributed by atoms with E-state index in [1.807, 2.05) is 32.2 Å². The van der Waals surface area contributed by atoms with Gasteiger partial charge in [0.15, 0.2) is 0 Å². The molecule has 0 aliphatic heterocycles. The third-order valence-corrected chi connectivity index (χ3v) is 3.24. The smallest absolute Gasteiger partial charge is 0.124 e. The van der Waals surface area contributed by atoms with Gasteiger partial charge in [-0.15, -0.1) is 0 Å². The number of nitrogens with one attached hydrogen (secondary N) is 2. The van der Waals surface area contributed by atoms with Crippen molar-refractivity contribution in [2.24, 2.45) is 0 Å². The molecule has 1 aromatic heterocycles. The summed E-state index contributed by atoms with van der Waals surface area (Å²) in [5.41, 5.74) is 3.03. The van der Waals surface area contributed by atoms with E-state index in [1.165, 1.54) is 0 Å².